The maximum atomic E-state index is 11.2. The van der Waals surface area contributed by atoms with Crippen LogP contribution in [0.15, 0.2) is 30.3 Å². The second-order valence-electron chi connectivity index (χ2n) is 3.51. The van der Waals surface area contributed by atoms with E-state index in [1.165, 1.54) is 5.56 Å². The third-order valence-electron chi connectivity index (χ3n) is 2.30. The summed E-state index contributed by atoms with van der Waals surface area (Å²) in [5.41, 5.74) is 5.25. The molecule has 0 atom stereocenters. The number of hydrogen-bond donors (Lipinski definition) is 3. The molecule has 1 aromatic carbocycles. The van der Waals surface area contributed by atoms with Gasteiger partial charge in [0.05, 0.1) is 5.69 Å². The van der Waals surface area contributed by atoms with E-state index in [1.54, 1.807) is 6.07 Å². The summed E-state index contributed by atoms with van der Waals surface area (Å²) in [5, 5.41) is 6.67. The number of H-pyrrole nitrogens is 1. The van der Waals surface area contributed by atoms with Crippen molar-refractivity contribution >= 4 is 5.91 Å². The molecule has 16 heavy (non-hydrogen) atoms. The van der Waals surface area contributed by atoms with Crippen LogP contribution in [0.5, 0.6) is 0 Å². The summed E-state index contributed by atoms with van der Waals surface area (Å²) in [6.07, 6.45) is 0. The first-order valence-corrected chi connectivity index (χ1v) is 4.84. The van der Waals surface area contributed by atoms with E-state index in [0.29, 0.717) is 5.69 Å². The molecule has 4 N–H and O–H groups in total. The maximum Gasteiger partial charge on any atom is 0.283 e. The lowest BCUT2D eigenvalue weighted by molar-refractivity contribution is 0.0948. The summed E-state index contributed by atoms with van der Waals surface area (Å²) in [6, 6.07) is 9.55. The van der Waals surface area contributed by atoms with Crippen molar-refractivity contribution in [1.82, 2.24) is 15.6 Å². The molecule has 0 fully saturated rings. The molecule has 5 nitrogen and oxygen atoms in total. The molecule has 0 unspecified atom stereocenters. The average molecular weight is 216 g/mol. The first-order chi connectivity index (χ1) is 7.70. The topological polar surface area (TPSA) is 83.8 Å². The van der Waals surface area contributed by atoms with Crippen LogP contribution in [0.3, 0.4) is 0 Å². The molecule has 82 valence electrons. The number of aromatic amines is 1. The Labute approximate surface area is 92.6 Å². The zero-order valence-corrected chi connectivity index (χ0v) is 8.82. The molecule has 0 aliphatic rings. The lowest BCUT2D eigenvalue weighted by Gasteiger charge is -1.96. The number of hydrogen-bond acceptors (Lipinski definition) is 3. The predicted molar refractivity (Wildman–Crippen MR) is 60.4 cm³/mol. The largest absolute Gasteiger partial charge is 0.289 e. The highest BCUT2D eigenvalue weighted by molar-refractivity contribution is 5.92. The van der Waals surface area contributed by atoms with Crippen molar-refractivity contribution < 1.29 is 4.79 Å². The highest BCUT2D eigenvalue weighted by Crippen LogP contribution is 2.17. The molecule has 0 bridgehead atoms. The number of amides is 1. The van der Waals surface area contributed by atoms with E-state index in [9.17, 15) is 4.79 Å². The van der Waals surface area contributed by atoms with E-state index in [4.69, 9.17) is 5.84 Å². The first kappa shape index (κ1) is 10.4. The van der Waals surface area contributed by atoms with Crippen LogP contribution in [-0.4, -0.2) is 16.1 Å². The number of hydrazine groups is 1. The minimum absolute atomic E-state index is 0.345. The lowest BCUT2D eigenvalue weighted by atomic mass is 10.1. The maximum absolute atomic E-state index is 11.2. The number of nitrogens with two attached hydrogens (primary N) is 1. The molecular formula is C11H12N4O. The zero-order valence-electron chi connectivity index (χ0n) is 8.82. The van der Waals surface area contributed by atoms with Crippen molar-refractivity contribution in [3.05, 3.63) is 41.6 Å². The van der Waals surface area contributed by atoms with Crippen LogP contribution in [-0.2, 0) is 0 Å². The number of rotatable bonds is 2. The second-order valence-corrected chi connectivity index (χ2v) is 3.51. The summed E-state index contributed by atoms with van der Waals surface area (Å²) in [5.74, 6) is 4.64. The molecule has 0 saturated carbocycles. The molecule has 1 heterocycles. The Bertz CT molecular complexity index is 501. The molecule has 0 saturated heterocycles. The molecule has 5 heteroatoms. The van der Waals surface area contributed by atoms with Crippen LogP contribution >= 0.6 is 0 Å². The normalized spacial score (nSPS) is 10.1. The zero-order chi connectivity index (χ0) is 11.5. The lowest BCUT2D eigenvalue weighted by Crippen LogP contribution is -2.30. The van der Waals surface area contributed by atoms with Gasteiger partial charge in [-0.25, -0.2) is 5.84 Å². The fourth-order valence-corrected chi connectivity index (χ4v) is 1.39. The Balaban J connectivity index is 2.31. The van der Waals surface area contributed by atoms with Gasteiger partial charge in [0.2, 0.25) is 0 Å². The van der Waals surface area contributed by atoms with Crippen molar-refractivity contribution in [3.8, 4) is 11.3 Å². The van der Waals surface area contributed by atoms with E-state index in [-0.39, 0.29) is 5.91 Å². The molecular weight excluding hydrogens is 204 g/mol. The number of carbonyl (C=O) groups is 1. The van der Waals surface area contributed by atoms with Crippen molar-refractivity contribution in [2.75, 3.05) is 0 Å². The summed E-state index contributed by atoms with van der Waals surface area (Å²) < 4.78 is 0. The van der Waals surface area contributed by atoms with E-state index >= 15 is 0 Å². The van der Waals surface area contributed by atoms with Gasteiger partial charge in [0, 0.05) is 5.56 Å². The number of nitrogens with one attached hydrogen (secondary N) is 2. The fourth-order valence-electron chi connectivity index (χ4n) is 1.39. The van der Waals surface area contributed by atoms with Gasteiger partial charge in [0.15, 0.2) is 0 Å². The van der Waals surface area contributed by atoms with Crippen molar-refractivity contribution in [1.29, 1.82) is 0 Å². The first-order valence-electron chi connectivity index (χ1n) is 4.84. The van der Waals surface area contributed by atoms with Gasteiger partial charge in [-0.05, 0) is 13.0 Å². The number of benzene rings is 1. The molecule has 2 rings (SSSR count). The highest BCUT2D eigenvalue weighted by Gasteiger charge is 2.08. The smallest absolute Gasteiger partial charge is 0.283 e. The molecule has 0 spiro atoms. The van der Waals surface area contributed by atoms with Crippen molar-refractivity contribution in [2.24, 2.45) is 5.84 Å². The molecule has 0 aliphatic carbocycles. The van der Waals surface area contributed by atoms with Crippen molar-refractivity contribution in [2.45, 2.75) is 6.92 Å². The van der Waals surface area contributed by atoms with Crippen LogP contribution in [0.4, 0.5) is 0 Å². The van der Waals surface area contributed by atoms with Gasteiger partial charge < -0.3 is 0 Å². The quantitative estimate of drug-likeness (QED) is 0.397. The number of nitrogens with zero attached hydrogens (tertiary/aromatic N) is 1. The van der Waals surface area contributed by atoms with E-state index in [2.05, 4.69) is 10.2 Å². The summed E-state index contributed by atoms with van der Waals surface area (Å²) in [6.45, 7) is 2.02. The van der Waals surface area contributed by atoms with E-state index < -0.39 is 0 Å². The van der Waals surface area contributed by atoms with Gasteiger partial charge in [-0.15, -0.1) is 0 Å². The van der Waals surface area contributed by atoms with Gasteiger partial charge in [-0.1, -0.05) is 29.8 Å². The molecule has 1 aromatic heterocycles. The Hall–Kier alpha value is -2.14. The average Bonchev–Trinajstić information content (AvgIpc) is 2.78. The van der Waals surface area contributed by atoms with Crippen LogP contribution in [0, 0.1) is 6.92 Å². The third-order valence-corrected chi connectivity index (χ3v) is 2.30. The predicted octanol–water partition coefficient (Wildman–Crippen LogP) is 0.989. The van der Waals surface area contributed by atoms with Gasteiger partial charge >= 0.3 is 0 Å². The van der Waals surface area contributed by atoms with Crippen molar-refractivity contribution in [3.63, 3.8) is 0 Å². The third kappa shape index (κ3) is 1.94. The molecule has 2 aromatic rings. The monoisotopic (exact) mass is 216 g/mol. The van der Waals surface area contributed by atoms with Gasteiger partial charge in [-0.3, -0.25) is 15.3 Å². The molecule has 0 aliphatic heterocycles. The van der Waals surface area contributed by atoms with Crippen LogP contribution in [0.2, 0.25) is 0 Å². The number of carbonyl (C=O) groups excluding carboxylic acids is 1. The van der Waals surface area contributed by atoms with E-state index in [1.807, 2.05) is 36.6 Å². The highest BCUT2D eigenvalue weighted by atomic mass is 16.2. The Morgan fingerprint density at radius 1 is 1.38 bits per heavy atom. The van der Waals surface area contributed by atoms with Crippen LogP contribution < -0.4 is 11.3 Å². The Morgan fingerprint density at radius 2 is 2.06 bits per heavy atom. The minimum Gasteiger partial charge on any atom is -0.289 e. The van der Waals surface area contributed by atoms with Crippen LogP contribution in [0.1, 0.15) is 16.1 Å². The van der Waals surface area contributed by atoms with Gasteiger partial charge in [0.1, 0.15) is 5.69 Å². The Morgan fingerprint density at radius 3 is 2.69 bits per heavy atom. The summed E-state index contributed by atoms with van der Waals surface area (Å²) >= 11 is 0. The standard InChI is InChI=1S/C11H12N4O/c1-7-2-4-8(5-3-7)9-6-10(15-14-9)11(16)13-12/h2-6H,12H2,1H3,(H,13,16)(H,14,15). The number of aromatic nitrogens is 2. The Kier molecular flexibility index (Phi) is 2.70. The molecule has 1 amide bonds. The fraction of sp³-hybridized carbons (Fsp3) is 0.0909. The molecule has 0 radical (unpaired) electrons. The number of nitrogen functional groups attached to an aromatic ring is 1. The van der Waals surface area contributed by atoms with Crippen LogP contribution in [0.25, 0.3) is 11.3 Å². The minimum atomic E-state index is -0.383. The summed E-state index contributed by atoms with van der Waals surface area (Å²) in [7, 11) is 0. The SMILES string of the molecule is Cc1ccc(-c2cc(C(=O)NN)[nH]n2)cc1. The van der Waals surface area contributed by atoms with Gasteiger partial charge in [0.25, 0.3) is 5.91 Å². The summed E-state index contributed by atoms with van der Waals surface area (Å²) in [4.78, 5) is 11.2. The van der Waals surface area contributed by atoms with Gasteiger partial charge in [-0.2, -0.15) is 5.10 Å². The second kappa shape index (κ2) is 4.16. The van der Waals surface area contributed by atoms with E-state index in [0.717, 1.165) is 11.3 Å². The number of aryl methyl sites for hydroxylation is 1.